The Hall–Kier alpha value is -2.28. The molecule has 0 aromatic heterocycles. The van der Waals surface area contributed by atoms with E-state index in [1.807, 2.05) is 26.0 Å². The Balaban J connectivity index is 2.33. The van der Waals surface area contributed by atoms with Crippen LogP contribution >= 0.6 is 12.2 Å². The third-order valence-electron chi connectivity index (χ3n) is 3.53. The molecule has 1 heterocycles. The number of nitrogens with two attached hydrogens (primary N) is 1. The zero-order valence-corrected chi connectivity index (χ0v) is 13.5. The van der Waals surface area contributed by atoms with Crippen LogP contribution in [0.3, 0.4) is 0 Å². The second-order valence-corrected chi connectivity index (χ2v) is 5.47. The van der Waals surface area contributed by atoms with Crippen molar-refractivity contribution in [3.63, 3.8) is 0 Å². The number of ether oxygens (including phenoxy) is 1. The van der Waals surface area contributed by atoms with Crippen LogP contribution in [0.4, 0.5) is 0 Å². The molecule has 0 unspecified atom stereocenters. The minimum Gasteiger partial charge on any atom is -0.468 e. The van der Waals surface area contributed by atoms with Crippen molar-refractivity contribution in [2.75, 3.05) is 13.7 Å². The van der Waals surface area contributed by atoms with E-state index in [9.17, 15) is 9.59 Å². The molecule has 6 nitrogen and oxygen atoms in total. The molecule has 1 amide bonds. The van der Waals surface area contributed by atoms with Gasteiger partial charge in [0.1, 0.15) is 12.2 Å². The van der Waals surface area contributed by atoms with Crippen molar-refractivity contribution in [1.29, 1.82) is 0 Å². The lowest BCUT2D eigenvalue weighted by atomic mass is 9.94. The fourth-order valence-electron chi connectivity index (χ4n) is 2.29. The number of hydrogen-bond donors (Lipinski definition) is 1. The third kappa shape index (κ3) is 2.99. The maximum Gasteiger partial charge on any atom is 0.325 e. The quantitative estimate of drug-likeness (QED) is 0.625. The first-order valence-electron chi connectivity index (χ1n) is 6.71. The number of carbonyl (C=O) groups is 2. The molecule has 0 bridgehead atoms. The number of hydrogen-bond acceptors (Lipinski definition) is 5. The highest BCUT2D eigenvalue weighted by Crippen LogP contribution is 2.31. The van der Waals surface area contributed by atoms with Gasteiger partial charge in [-0.3, -0.25) is 14.5 Å². The second-order valence-electron chi connectivity index (χ2n) is 5.05. The Morgan fingerprint density at radius 1 is 1.45 bits per heavy atom. The van der Waals surface area contributed by atoms with E-state index in [2.05, 4.69) is 9.73 Å². The SMILES string of the molecule is COC(=O)CN(C(=O)C1=C(C)C2=CC(C)=CCC2=N1)C(N)=S. The molecular formula is C15H17N3O3S. The Morgan fingerprint density at radius 2 is 2.14 bits per heavy atom. The summed E-state index contributed by atoms with van der Waals surface area (Å²) in [6, 6.07) is 0. The smallest absolute Gasteiger partial charge is 0.325 e. The van der Waals surface area contributed by atoms with E-state index in [-0.39, 0.29) is 17.4 Å². The molecule has 0 atom stereocenters. The van der Waals surface area contributed by atoms with Crippen LogP contribution in [-0.4, -0.2) is 41.3 Å². The van der Waals surface area contributed by atoms with Crippen molar-refractivity contribution in [3.05, 3.63) is 34.6 Å². The number of rotatable bonds is 3. The maximum atomic E-state index is 12.6. The predicted octanol–water partition coefficient (Wildman–Crippen LogP) is 1.24. The van der Waals surface area contributed by atoms with E-state index in [0.29, 0.717) is 6.42 Å². The van der Waals surface area contributed by atoms with Crippen LogP contribution in [0.5, 0.6) is 0 Å². The summed E-state index contributed by atoms with van der Waals surface area (Å²) in [5, 5.41) is -0.186. The van der Waals surface area contributed by atoms with Gasteiger partial charge < -0.3 is 10.5 Å². The summed E-state index contributed by atoms with van der Waals surface area (Å²) in [6.07, 6.45) is 4.71. The van der Waals surface area contributed by atoms with Gasteiger partial charge in [-0.15, -0.1) is 0 Å². The zero-order chi connectivity index (χ0) is 16.4. The highest BCUT2D eigenvalue weighted by Gasteiger charge is 2.31. The van der Waals surface area contributed by atoms with Gasteiger partial charge >= 0.3 is 5.97 Å². The van der Waals surface area contributed by atoms with Gasteiger partial charge in [0.05, 0.1) is 12.8 Å². The van der Waals surface area contributed by atoms with Gasteiger partial charge in [0, 0.05) is 12.0 Å². The number of aliphatic imine (C=N–C) groups is 1. The molecule has 2 N–H and O–H groups in total. The number of carbonyl (C=O) groups excluding carboxylic acids is 2. The number of esters is 1. The Kier molecular flexibility index (Phi) is 4.56. The van der Waals surface area contributed by atoms with E-state index >= 15 is 0 Å². The molecule has 116 valence electrons. The van der Waals surface area contributed by atoms with Crippen LogP contribution in [0.25, 0.3) is 0 Å². The van der Waals surface area contributed by atoms with Crippen LogP contribution in [0.1, 0.15) is 20.3 Å². The van der Waals surface area contributed by atoms with E-state index in [1.54, 1.807) is 0 Å². The molecule has 0 aromatic carbocycles. The van der Waals surface area contributed by atoms with E-state index < -0.39 is 11.9 Å². The van der Waals surface area contributed by atoms with Crippen LogP contribution in [0, 0.1) is 0 Å². The topological polar surface area (TPSA) is 85.0 Å². The van der Waals surface area contributed by atoms with Crippen LogP contribution in [0.15, 0.2) is 39.6 Å². The van der Waals surface area contributed by atoms with Crippen molar-refractivity contribution >= 4 is 34.9 Å². The van der Waals surface area contributed by atoms with Crippen molar-refractivity contribution < 1.29 is 14.3 Å². The van der Waals surface area contributed by atoms with Gasteiger partial charge in [0.25, 0.3) is 5.91 Å². The zero-order valence-electron chi connectivity index (χ0n) is 12.7. The number of methoxy groups -OCH3 is 1. The lowest BCUT2D eigenvalue weighted by molar-refractivity contribution is -0.143. The molecule has 0 fully saturated rings. The lowest BCUT2D eigenvalue weighted by Crippen LogP contribution is -2.44. The maximum absolute atomic E-state index is 12.6. The lowest BCUT2D eigenvalue weighted by Gasteiger charge is -2.19. The average molecular weight is 319 g/mol. The van der Waals surface area contributed by atoms with Crippen molar-refractivity contribution in [3.8, 4) is 0 Å². The molecule has 0 saturated carbocycles. The van der Waals surface area contributed by atoms with Crippen LogP contribution in [0.2, 0.25) is 0 Å². The largest absolute Gasteiger partial charge is 0.468 e. The summed E-state index contributed by atoms with van der Waals surface area (Å²) in [5.41, 5.74) is 9.50. The van der Waals surface area contributed by atoms with E-state index in [1.165, 1.54) is 7.11 Å². The molecule has 2 rings (SSSR count). The van der Waals surface area contributed by atoms with Gasteiger partial charge in [-0.2, -0.15) is 0 Å². The summed E-state index contributed by atoms with van der Waals surface area (Å²) < 4.78 is 4.56. The normalized spacial score (nSPS) is 16.4. The molecule has 1 aliphatic carbocycles. The molecular weight excluding hydrogens is 302 g/mol. The summed E-state index contributed by atoms with van der Waals surface area (Å²) >= 11 is 4.86. The number of amides is 1. The summed E-state index contributed by atoms with van der Waals surface area (Å²) in [7, 11) is 1.23. The van der Waals surface area contributed by atoms with Crippen molar-refractivity contribution in [2.24, 2.45) is 10.7 Å². The fourth-order valence-corrected chi connectivity index (χ4v) is 2.44. The molecule has 22 heavy (non-hydrogen) atoms. The van der Waals surface area contributed by atoms with Crippen LogP contribution in [-0.2, 0) is 14.3 Å². The number of allylic oxidation sites excluding steroid dienone is 5. The van der Waals surface area contributed by atoms with Gasteiger partial charge in [-0.1, -0.05) is 17.7 Å². The molecule has 1 aliphatic heterocycles. The molecule has 7 heteroatoms. The third-order valence-corrected chi connectivity index (χ3v) is 3.76. The Labute approximate surface area is 134 Å². The number of thiocarbonyl (C=S) groups is 1. The van der Waals surface area contributed by atoms with E-state index in [0.717, 1.165) is 27.3 Å². The Morgan fingerprint density at radius 3 is 2.73 bits per heavy atom. The van der Waals surface area contributed by atoms with Crippen molar-refractivity contribution in [1.82, 2.24) is 4.90 Å². The molecule has 0 saturated heterocycles. The number of fused-ring (bicyclic) bond motifs is 1. The van der Waals surface area contributed by atoms with Gasteiger partial charge in [-0.05, 0) is 31.6 Å². The predicted molar refractivity (Wildman–Crippen MR) is 87.1 cm³/mol. The number of nitrogens with zero attached hydrogens (tertiary/aromatic N) is 2. The summed E-state index contributed by atoms with van der Waals surface area (Å²) in [6.45, 7) is 3.49. The monoisotopic (exact) mass is 319 g/mol. The van der Waals surface area contributed by atoms with Crippen LogP contribution < -0.4 is 5.73 Å². The standard InChI is InChI=1S/C15H17N3O3S/c1-8-4-5-11-10(6-8)9(2)13(17-11)14(20)18(15(16)22)7-12(19)21-3/h4,6H,5,7H2,1-3H3,(H2,16,22). The Bertz CT molecular complexity index is 686. The first kappa shape index (κ1) is 16.1. The van der Waals surface area contributed by atoms with Crippen molar-refractivity contribution in [2.45, 2.75) is 20.3 Å². The second kappa shape index (κ2) is 6.23. The molecule has 0 spiro atoms. The summed E-state index contributed by atoms with van der Waals surface area (Å²) in [4.78, 5) is 29.4. The van der Waals surface area contributed by atoms with Gasteiger partial charge in [-0.25, -0.2) is 4.99 Å². The molecule has 0 radical (unpaired) electrons. The highest BCUT2D eigenvalue weighted by molar-refractivity contribution is 7.80. The summed E-state index contributed by atoms with van der Waals surface area (Å²) in [5.74, 6) is -1.09. The van der Waals surface area contributed by atoms with Gasteiger partial charge in [0.2, 0.25) is 0 Å². The molecule has 0 aromatic rings. The first-order chi connectivity index (χ1) is 10.3. The van der Waals surface area contributed by atoms with Gasteiger partial charge in [0.15, 0.2) is 5.11 Å². The first-order valence-corrected chi connectivity index (χ1v) is 7.11. The molecule has 2 aliphatic rings. The fraction of sp³-hybridized carbons (Fsp3) is 0.333. The minimum atomic E-state index is -0.598. The highest BCUT2D eigenvalue weighted by atomic mass is 32.1. The van der Waals surface area contributed by atoms with E-state index in [4.69, 9.17) is 18.0 Å². The average Bonchev–Trinajstić information content (AvgIpc) is 2.80. The minimum absolute atomic E-state index is 0.186.